The minimum Gasteiger partial charge on any atom is -0.378 e. The molecule has 1 saturated heterocycles. The molecule has 0 atom stereocenters. The third kappa shape index (κ3) is 4.99. The van der Waals surface area contributed by atoms with Crippen LogP contribution in [0.3, 0.4) is 0 Å². The average Bonchev–Trinajstić information content (AvgIpc) is 2.69. The quantitative estimate of drug-likeness (QED) is 0.819. The molecule has 0 radical (unpaired) electrons. The van der Waals surface area contributed by atoms with Gasteiger partial charge in [0, 0.05) is 35.8 Å². The Balaban J connectivity index is 1.80. The van der Waals surface area contributed by atoms with Crippen molar-refractivity contribution in [3.63, 3.8) is 0 Å². The van der Waals surface area contributed by atoms with E-state index in [1.807, 2.05) is 12.1 Å². The predicted molar refractivity (Wildman–Crippen MR) is 108 cm³/mol. The van der Waals surface area contributed by atoms with Gasteiger partial charge >= 0.3 is 0 Å². The van der Waals surface area contributed by atoms with Gasteiger partial charge in [0.15, 0.2) is 0 Å². The number of halogens is 1. The van der Waals surface area contributed by atoms with Crippen molar-refractivity contribution in [1.82, 2.24) is 0 Å². The molecular weight excluding hydrogens is 366 g/mol. The Hall–Kier alpha value is -2.57. The third-order valence-corrected chi connectivity index (χ3v) is 4.52. The molecule has 0 saturated carbocycles. The molecule has 3 rings (SSSR count). The van der Waals surface area contributed by atoms with Crippen LogP contribution in [0.25, 0.3) is 0 Å². The Labute approximate surface area is 163 Å². The van der Waals surface area contributed by atoms with Gasteiger partial charge in [-0.1, -0.05) is 24.6 Å². The van der Waals surface area contributed by atoms with Gasteiger partial charge in [-0.3, -0.25) is 9.59 Å². The number of benzene rings is 2. The van der Waals surface area contributed by atoms with Gasteiger partial charge in [-0.25, -0.2) is 0 Å². The highest BCUT2D eigenvalue weighted by molar-refractivity contribution is 6.31. The summed E-state index contributed by atoms with van der Waals surface area (Å²) in [7, 11) is 0. The summed E-state index contributed by atoms with van der Waals surface area (Å²) < 4.78 is 5.40. The molecule has 0 aromatic heterocycles. The predicted octanol–water partition coefficient (Wildman–Crippen LogP) is 3.78. The number of carbonyl (C=O) groups excluding carboxylic acids is 2. The number of rotatable bonds is 5. The molecule has 1 heterocycles. The number of hydrogen-bond donors (Lipinski definition) is 2. The van der Waals surface area contributed by atoms with Crippen LogP contribution in [0, 0.1) is 0 Å². The molecule has 1 aliphatic rings. The fourth-order valence-corrected chi connectivity index (χ4v) is 3.04. The van der Waals surface area contributed by atoms with E-state index in [4.69, 9.17) is 16.3 Å². The molecule has 0 bridgehead atoms. The van der Waals surface area contributed by atoms with E-state index in [0.29, 0.717) is 41.6 Å². The van der Waals surface area contributed by atoms with E-state index in [2.05, 4.69) is 15.5 Å². The number of nitrogens with zero attached hydrogens (tertiary/aromatic N) is 1. The van der Waals surface area contributed by atoms with Crippen LogP contribution in [0.4, 0.5) is 17.1 Å². The molecule has 1 fully saturated rings. The van der Waals surface area contributed by atoms with Crippen molar-refractivity contribution in [3.8, 4) is 0 Å². The number of amides is 2. The smallest absolute Gasteiger partial charge is 0.255 e. The van der Waals surface area contributed by atoms with Gasteiger partial charge in [0.05, 0.1) is 24.6 Å². The molecule has 1 aliphatic heterocycles. The van der Waals surface area contributed by atoms with Crippen molar-refractivity contribution in [1.29, 1.82) is 0 Å². The lowest BCUT2D eigenvalue weighted by molar-refractivity contribution is -0.115. The largest absolute Gasteiger partial charge is 0.378 e. The van der Waals surface area contributed by atoms with Crippen LogP contribution in [0.15, 0.2) is 42.5 Å². The minimum atomic E-state index is -0.264. The standard InChI is InChI=1S/C20H22ClN3O3/c1-2-19(25)22-16-5-3-4-14(12-16)20(26)23-17-13-15(21)6-7-18(17)24-8-10-27-11-9-24/h3-7,12-13H,2,8-11H2,1H3,(H,22,25)(H,23,26). The highest BCUT2D eigenvalue weighted by atomic mass is 35.5. The lowest BCUT2D eigenvalue weighted by atomic mass is 10.1. The SMILES string of the molecule is CCC(=O)Nc1cccc(C(=O)Nc2cc(Cl)ccc2N2CCOCC2)c1. The summed E-state index contributed by atoms with van der Waals surface area (Å²) in [5.74, 6) is -0.364. The zero-order valence-electron chi connectivity index (χ0n) is 15.1. The van der Waals surface area contributed by atoms with Crippen LogP contribution in [0.5, 0.6) is 0 Å². The zero-order chi connectivity index (χ0) is 19.2. The van der Waals surface area contributed by atoms with Crippen molar-refractivity contribution in [3.05, 3.63) is 53.1 Å². The van der Waals surface area contributed by atoms with Crippen molar-refractivity contribution in [2.75, 3.05) is 41.8 Å². The van der Waals surface area contributed by atoms with Crippen LogP contribution in [-0.4, -0.2) is 38.1 Å². The van der Waals surface area contributed by atoms with Crippen LogP contribution >= 0.6 is 11.6 Å². The summed E-state index contributed by atoms with van der Waals surface area (Å²) >= 11 is 6.14. The number of hydrogen-bond acceptors (Lipinski definition) is 4. The fraction of sp³-hybridized carbons (Fsp3) is 0.300. The second kappa shape index (κ2) is 8.88. The van der Waals surface area contributed by atoms with Crippen LogP contribution < -0.4 is 15.5 Å². The number of anilines is 3. The van der Waals surface area contributed by atoms with Gasteiger partial charge in [0.1, 0.15) is 0 Å². The van der Waals surface area contributed by atoms with Crippen molar-refractivity contribution < 1.29 is 14.3 Å². The van der Waals surface area contributed by atoms with Crippen LogP contribution in [0.1, 0.15) is 23.7 Å². The summed E-state index contributed by atoms with van der Waals surface area (Å²) in [5.41, 5.74) is 2.61. The van der Waals surface area contributed by atoms with E-state index in [0.717, 1.165) is 18.8 Å². The first-order valence-corrected chi connectivity index (χ1v) is 9.28. The fourth-order valence-electron chi connectivity index (χ4n) is 2.87. The van der Waals surface area contributed by atoms with E-state index < -0.39 is 0 Å². The Kier molecular flexibility index (Phi) is 6.32. The topological polar surface area (TPSA) is 70.7 Å². The second-order valence-corrected chi connectivity index (χ2v) is 6.63. The van der Waals surface area contributed by atoms with Crippen LogP contribution in [0.2, 0.25) is 5.02 Å². The first kappa shape index (κ1) is 19.2. The van der Waals surface area contributed by atoms with Crippen molar-refractivity contribution >= 4 is 40.5 Å². The molecule has 0 unspecified atom stereocenters. The molecular formula is C20H22ClN3O3. The third-order valence-electron chi connectivity index (χ3n) is 4.29. The Bertz CT molecular complexity index is 835. The highest BCUT2D eigenvalue weighted by Gasteiger charge is 2.17. The zero-order valence-corrected chi connectivity index (χ0v) is 15.9. The van der Waals surface area contributed by atoms with E-state index in [9.17, 15) is 9.59 Å². The molecule has 27 heavy (non-hydrogen) atoms. The van der Waals surface area contributed by atoms with Gasteiger partial charge < -0.3 is 20.3 Å². The van der Waals surface area contributed by atoms with Gasteiger partial charge in [-0.2, -0.15) is 0 Å². The van der Waals surface area contributed by atoms with Crippen LogP contribution in [-0.2, 0) is 9.53 Å². The minimum absolute atomic E-state index is 0.1000. The molecule has 2 amide bonds. The maximum absolute atomic E-state index is 12.8. The Morgan fingerprint density at radius 3 is 2.63 bits per heavy atom. The van der Waals surface area contributed by atoms with Gasteiger partial charge in [-0.05, 0) is 36.4 Å². The average molecular weight is 388 g/mol. The monoisotopic (exact) mass is 387 g/mol. The normalized spacial score (nSPS) is 13.9. The molecule has 2 N–H and O–H groups in total. The molecule has 6 nitrogen and oxygen atoms in total. The maximum Gasteiger partial charge on any atom is 0.255 e. The first-order valence-electron chi connectivity index (χ1n) is 8.90. The van der Waals surface area contributed by atoms with Crippen molar-refractivity contribution in [2.24, 2.45) is 0 Å². The lowest BCUT2D eigenvalue weighted by Crippen LogP contribution is -2.36. The molecule has 142 valence electrons. The summed E-state index contributed by atoms with van der Waals surface area (Å²) in [5, 5.41) is 6.25. The molecule has 2 aromatic rings. The Morgan fingerprint density at radius 1 is 1.11 bits per heavy atom. The summed E-state index contributed by atoms with van der Waals surface area (Å²) in [6.07, 6.45) is 0.377. The number of morpholine rings is 1. The van der Waals surface area contributed by atoms with Gasteiger partial charge in [0.25, 0.3) is 5.91 Å². The summed E-state index contributed by atoms with van der Waals surface area (Å²) in [6, 6.07) is 12.3. The van der Waals surface area contributed by atoms with Crippen molar-refractivity contribution in [2.45, 2.75) is 13.3 Å². The number of nitrogens with one attached hydrogen (secondary N) is 2. The number of ether oxygens (including phenoxy) is 1. The Morgan fingerprint density at radius 2 is 1.89 bits per heavy atom. The summed E-state index contributed by atoms with van der Waals surface area (Å²) in [6.45, 7) is 4.58. The molecule has 7 heteroatoms. The maximum atomic E-state index is 12.8. The second-order valence-electron chi connectivity index (χ2n) is 6.20. The van der Waals surface area contributed by atoms with Gasteiger partial charge in [-0.15, -0.1) is 0 Å². The van der Waals surface area contributed by atoms with E-state index in [1.165, 1.54) is 0 Å². The first-order chi connectivity index (χ1) is 13.1. The highest BCUT2D eigenvalue weighted by Crippen LogP contribution is 2.30. The molecule has 2 aromatic carbocycles. The van der Waals surface area contributed by atoms with Gasteiger partial charge in [0.2, 0.25) is 5.91 Å². The molecule has 0 spiro atoms. The van der Waals surface area contributed by atoms with E-state index >= 15 is 0 Å². The molecule has 0 aliphatic carbocycles. The van der Waals surface area contributed by atoms with E-state index in [1.54, 1.807) is 37.3 Å². The lowest BCUT2D eigenvalue weighted by Gasteiger charge is -2.30. The summed E-state index contributed by atoms with van der Waals surface area (Å²) in [4.78, 5) is 26.5. The van der Waals surface area contributed by atoms with E-state index in [-0.39, 0.29) is 11.8 Å². The number of carbonyl (C=O) groups is 2.